The van der Waals surface area contributed by atoms with Crippen molar-refractivity contribution in [2.24, 2.45) is 0 Å². The maximum Gasteiger partial charge on any atom is 0.188 e. The van der Waals surface area contributed by atoms with Crippen LogP contribution in [0.1, 0.15) is 22.3 Å². The minimum atomic E-state index is -1.32. The van der Waals surface area contributed by atoms with Gasteiger partial charge in [-0.15, -0.1) is 0 Å². The SMILES string of the molecule is C.C.C.COCC[Si](C)(C)OC. The fourth-order valence-electron chi connectivity index (χ4n) is 0.450. The number of methoxy groups -OCH3 is 1. The van der Waals surface area contributed by atoms with E-state index in [9.17, 15) is 0 Å². The van der Waals surface area contributed by atoms with Crippen LogP contribution in [-0.4, -0.2) is 29.1 Å². The Morgan fingerprint density at radius 1 is 1.00 bits per heavy atom. The monoisotopic (exact) mass is 196 g/mol. The number of hydrogen-bond acceptors (Lipinski definition) is 2. The van der Waals surface area contributed by atoms with Crippen molar-refractivity contribution >= 4 is 8.32 Å². The molecule has 0 aliphatic heterocycles. The molecule has 0 rings (SSSR count). The molecule has 80 valence electrons. The van der Waals surface area contributed by atoms with Crippen molar-refractivity contribution in [3.63, 3.8) is 0 Å². The maximum atomic E-state index is 5.30. The molecule has 2 nitrogen and oxygen atoms in total. The first-order chi connectivity index (χ1) is 4.12. The lowest BCUT2D eigenvalue weighted by Crippen LogP contribution is -2.29. The van der Waals surface area contributed by atoms with Crippen molar-refractivity contribution in [2.75, 3.05) is 20.8 Å². The Morgan fingerprint density at radius 2 is 1.42 bits per heavy atom. The van der Waals surface area contributed by atoms with E-state index in [1.807, 2.05) is 0 Å². The summed E-state index contributed by atoms with van der Waals surface area (Å²) in [5, 5.41) is 0. The van der Waals surface area contributed by atoms with Crippen LogP contribution in [0.15, 0.2) is 0 Å². The predicted octanol–water partition coefficient (Wildman–Crippen LogP) is 3.39. The lowest BCUT2D eigenvalue weighted by molar-refractivity contribution is 0.209. The van der Waals surface area contributed by atoms with Crippen molar-refractivity contribution in [1.29, 1.82) is 0 Å². The highest BCUT2D eigenvalue weighted by atomic mass is 28.4. The van der Waals surface area contributed by atoms with E-state index in [-0.39, 0.29) is 22.3 Å². The molecule has 0 heterocycles. The van der Waals surface area contributed by atoms with Gasteiger partial charge in [0.25, 0.3) is 0 Å². The third-order valence-electron chi connectivity index (χ3n) is 1.46. The Balaban J connectivity index is -0.000000107. The summed E-state index contributed by atoms with van der Waals surface area (Å²) in [4.78, 5) is 0. The van der Waals surface area contributed by atoms with E-state index >= 15 is 0 Å². The van der Waals surface area contributed by atoms with Crippen LogP contribution in [0, 0.1) is 0 Å². The van der Waals surface area contributed by atoms with Gasteiger partial charge in [-0.2, -0.15) is 0 Å². The van der Waals surface area contributed by atoms with Gasteiger partial charge < -0.3 is 9.16 Å². The molecular formula is C9H28O2Si. The Morgan fingerprint density at radius 3 is 1.67 bits per heavy atom. The van der Waals surface area contributed by atoms with Crippen LogP contribution in [0.2, 0.25) is 19.1 Å². The summed E-state index contributed by atoms with van der Waals surface area (Å²) in [6.45, 7) is 5.20. The van der Waals surface area contributed by atoms with E-state index in [1.165, 1.54) is 0 Å². The first-order valence-corrected chi connectivity index (χ1v) is 6.28. The van der Waals surface area contributed by atoms with Crippen LogP contribution in [0.25, 0.3) is 0 Å². The second-order valence-electron chi connectivity index (χ2n) is 2.71. The van der Waals surface area contributed by atoms with E-state index in [0.717, 1.165) is 12.7 Å². The van der Waals surface area contributed by atoms with Gasteiger partial charge in [-0.05, 0) is 19.1 Å². The van der Waals surface area contributed by atoms with Crippen molar-refractivity contribution in [1.82, 2.24) is 0 Å². The summed E-state index contributed by atoms with van der Waals surface area (Å²) in [6.07, 6.45) is 0. The minimum Gasteiger partial charge on any atom is -0.420 e. The molecule has 0 aliphatic carbocycles. The average Bonchev–Trinajstić information content (AvgIpc) is 1.84. The van der Waals surface area contributed by atoms with Gasteiger partial charge in [0, 0.05) is 20.8 Å². The topological polar surface area (TPSA) is 18.5 Å². The van der Waals surface area contributed by atoms with E-state index in [1.54, 1.807) is 14.2 Å². The van der Waals surface area contributed by atoms with E-state index in [2.05, 4.69) is 13.1 Å². The van der Waals surface area contributed by atoms with Gasteiger partial charge in [-0.25, -0.2) is 0 Å². The highest BCUT2D eigenvalue weighted by Crippen LogP contribution is 2.08. The molecule has 0 aliphatic rings. The molecule has 3 heteroatoms. The van der Waals surface area contributed by atoms with E-state index < -0.39 is 8.32 Å². The fourth-order valence-corrected chi connectivity index (χ4v) is 1.35. The molecule has 12 heavy (non-hydrogen) atoms. The Bertz CT molecular complexity index is 74.9. The van der Waals surface area contributed by atoms with Gasteiger partial charge in [-0.3, -0.25) is 0 Å². The Kier molecular flexibility index (Phi) is 21.1. The highest BCUT2D eigenvalue weighted by molar-refractivity contribution is 6.71. The maximum absolute atomic E-state index is 5.30. The first kappa shape index (κ1) is 22.7. The van der Waals surface area contributed by atoms with Crippen molar-refractivity contribution in [3.8, 4) is 0 Å². The molecule has 0 saturated carbocycles. The number of rotatable bonds is 4. The molecule has 0 aromatic carbocycles. The van der Waals surface area contributed by atoms with Crippen LogP contribution in [-0.2, 0) is 9.16 Å². The molecule has 0 saturated heterocycles. The molecular weight excluding hydrogens is 168 g/mol. The second-order valence-corrected chi connectivity index (χ2v) is 7.13. The van der Waals surface area contributed by atoms with Crippen molar-refractivity contribution in [3.05, 3.63) is 0 Å². The van der Waals surface area contributed by atoms with Crippen LogP contribution >= 0.6 is 0 Å². The molecule has 0 unspecified atom stereocenters. The van der Waals surface area contributed by atoms with Crippen LogP contribution in [0.4, 0.5) is 0 Å². The van der Waals surface area contributed by atoms with Crippen molar-refractivity contribution < 1.29 is 9.16 Å². The zero-order chi connectivity index (χ0) is 7.33. The first-order valence-electron chi connectivity index (χ1n) is 3.16. The predicted molar refractivity (Wildman–Crippen MR) is 61.4 cm³/mol. The summed E-state index contributed by atoms with van der Waals surface area (Å²) < 4.78 is 10.2. The van der Waals surface area contributed by atoms with Crippen LogP contribution in [0.5, 0.6) is 0 Å². The molecule has 0 aromatic heterocycles. The molecule has 0 amide bonds. The average molecular weight is 196 g/mol. The molecule has 0 fully saturated rings. The Labute approximate surface area is 80.4 Å². The van der Waals surface area contributed by atoms with Crippen molar-refractivity contribution in [2.45, 2.75) is 41.4 Å². The van der Waals surface area contributed by atoms with Gasteiger partial charge in [0.1, 0.15) is 0 Å². The van der Waals surface area contributed by atoms with Gasteiger partial charge in [-0.1, -0.05) is 22.3 Å². The summed E-state index contributed by atoms with van der Waals surface area (Å²) in [5.74, 6) is 0. The normalized spacial score (nSPS) is 9.00. The summed E-state index contributed by atoms with van der Waals surface area (Å²) >= 11 is 0. The molecule has 0 spiro atoms. The van der Waals surface area contributed by atoms with Gasteiger partial charge >= 0.3 is 0 Å². The third kappa shape index (κ3) is 12.8. The van der Waals surface area contributed by atoms with Gasteiger partial charge in [0.2, 0.25) is 0 Å². The van der Waals surface area contributed by atoms with Crippen LogP contribution in [0.3, 0.4) is 0 Å². The molecule has 0 N–H and O–H groups in total. The smallest absolute Gasteiger partial charge is 0.188 e. The fraction of sp³-hybridized carbons (Fsp3) is 1.00. The summed E-state index contributed by atoms with van der Waals surface area (Å²) in [6, 6.07) is 1.08. The van der Waals surface area contributed by atoms with Crippen LogP contribution < -0.4 is 0 Å². The second kappa shape index (κ2) is 11.1. The molecule has 0 atom stereocenters. The van der Waals surface area contributed by atoms with Gasteiger partial charge in [0.05, 0.1) is 0 Å². The number of hydrogen-bond donors (Lipinski definition) is 0. The van der Waals surface area contributed by atoms with E-state index in [4.69, 9.17) is 9.16 Å². The molecule has 0 aromatic rings. The zero-order valence-electron chi connectivity index (χ0n) is 6.73. The number of ether oxygens (including phenoxy) is 1. The standard InChI is InChI=1S/C6H16O2Si.3CH4/c1-7-5-6-9(3,4)8-2;;;/h5-6H2,1-4H3;3*1H4. The minimum absolute atomic E-state index is 0. The quantitative estimate of drug-likeness (QED) is 0.642. The molecule has 0 bridgehead atoms. The summed E-state index contributed by atoms with van der Waals surface area (Å²) in [5.41, 5.74) is 0. The lowest BCUT2D eigenvalue weighted by Gasteiger charge is -2.18. The zero-order valence-corrected chi connectivity index (χ0v) is 7.73. The summed E-state index contributed by atoms with van der Waals surface area (Å²) in [7, 11) is 2.18. The Hall–Kier alpha value is 0.137. The lowest BCUT2D eigenvalue weighted by atomic mass is 10.9. The highest BCUT2D eigenvalue weighted by Gasteiger charge is 2.19. The van der Waals surface area contributed by atoms with Gasteiger partial charge in [0.15, 0.2) is 8.32 Å². The largest absolute Gasteiger partial charge is 0.420 e. The third-order valence-corrected chi connectivity index (χ3v) is 3.97. The molecule has 0 radical (unpaired) electrons. The van der Waals surface area contributed by atoms with E-state index in [0.29, 0.717) is 0 Å².